The number of piperazine rings is 2. The summed E-state index contributed by atoms with van der Waals surface area (Å²) < 4.78 is 0. The second kappa shape index (κ2) is 8.27. The summed E-state index contributed by atoms with van der Waals surface area (Å²) in [6, 6.07) is 8.55. The number of anilines is 3. The van der Waals surface area contributed by atoms with Crippen LogP contribution < -0.4 is 14.7 Å². The summed E-state index contributed by atoms with van der Waals surface area (Å²) in [6.07, 6.45) is 1.85. The highest BCUT2D eigenvalue weighted by atomic mass is 16.2. The molecule has 7 heteroatoms. The first-order valence-electron chi connectivity index (χ1n) is 10.4. The first-order chi connectivity index (χ1) is 14.0. The summed E-state index contributed by atoms with van der Waals surface area (Å²) in [4.78, 5) is 29.7. The molecule has 2 aliphatic rings. The Morgan fingerprint density at radius 2 is 1.52 bits per heavy atom. The van der Waals surface area contributed by atoms with Gasteiger partial charge in [-0.2, -0.15) is 4.98 Å². The van der Waals surface area contributed by atoms with Crippen LogP contribution in [0.4, 0.5) is 17.5 Å². The Morgan fingerprint density at radius 1 is 0.862 bits per heavy atom. The first-order valence-corrected chi connectivity index (χ1v) is 10.4. The number of nitrogens with zero attached hydrogens (tertiary/aromatic N) is 6. The second-order valence-electron chi connectivity index (χ2n) is 7.90. The van der Waals surface area contributed by atoms with Gasteiger partial charge in [0.15, 0.2) is 0 Å². The highest BCUT2D eigenvalue weighted by molar-refractivity contribution is 5.73. The van der Waals surface area contributed by atoms with Crippen LogP contribution >= 0.6 is 0 Å². The van der Waals surface area contributed by atoms with Crippen LogP contribution in [0.15, 0.2) is 30.5 Å². The summed E-state index contributed by atoms with van der Waals surface area (Å²) in [5, 5.41) is 0. The van der Waals surface area contributed by atoms with Crippen molar-refractivity contribution in [2.24, 2.45) is 0 Å². The maximum absolute atomic E-state index is 11.5. The number of hydrogen-bond acceptors (Lipinski definition) is 6. The molecule has 0 saturated carbocycles. The monoisotopic (exact) mass is 394 g/mol. The average molecular weight is 395 g/mol. The third kappa shape index (κ3) is 4.13. The molecule has 0 spiro atoms. The third-order valence-corrected chi connectivity index (χ3v) is 6.16. The Bertz CT molecular complexity index is 869. The molecule has 0 radical (unpaired) electrons. The molecule has 1 aromatic carbocycles. The summed E-state index contributed by atoms with van der Waals surface area (Å²) in [5.74, 6) is 1.90. The number of benzene rings is 1. The fourth-order valence-corrected chi connectivity index (χ4v) is 4.14. The predicted octanol–water partition coefficient (Wildman–Crippen LogP) is 2.09. The molecule has 0 unspecified atom stereocenters. The molecule has 2 saturated heterocycles. The van der Waals surface area contributed by atoms with Gasteiger partial charge in [0.2, 0.25) is 11.9 Å². The molecule has 0 bridgehead atoms. The lowest BCUT2D eigenvalue weighted by atomic mass is 10.1. The fourth-order valence-electron chi connectivity index (χ4n) is 4.14. The zero-order chi connectivity index (χ0) is 20.4. The maximum atomic E-state index is 11.5. The van der Waals surface area contributed by atoms with Crippen LogP contribution in [-0.4, -0.2) is 73.1 Å². The van der Waals surface area contributed by atoms with Crippen LogP contribution in [0.3, 0.4) is 0 Å². The normalized spacial score (nSPS) is 17.6. The minimum absolute atomic E-state index is 0.140. The third-order valence-electron chi connectivity index (χ3n) is 6.16. The van der Waals surface area contributed by atoms with Crippen LogP contribution in [0.2, 0.25) is 0 Å². The first kappa shape index (κ1) is 19.5. The lowest BCUT2D eigenvalue weighted by molar-refractivity contribution is -0.129. The Morgan fingerprint density at radius 3 is 2.21 bits per heavy atom. The molecule has 2 aliphatic heterocycles. The Balaban J connectivity index is 1.40. The average Bonchev–Trinajstić information content (AvgIpc) is 2.76. The molecule has 154 valence electrons. The molecule has 29 heavy (non-hydrogen) atoms. The molecule has 7 nitrogen and oxygen atoms in total. The van der Waals surface area contributed by atoms with Crippen molar-refractivity contribution in [1.82, 2.24) is 14.9 Å². The van der Waals surface area contributed by atoms with E-state index in [4.69, 9.17) is 4.98 Å². The zero-order valence-electron chi connectivity index (χ0n) is 17.6. The maximum Gasteiger partial charge on any atom is 0.227 e. The van der Waals surface area contributed by atoms with Gasteiger partial charge in [-0.05, 0) is 37.1 Å². The molecule has 0 N–H and O–H groups in total. The van der Waals surface area contributed by atoms with Crippen LogP contribution in [0, 0.1) is 13.8 Å². The number of aryl methyl sites for hydroxylation is 1. The molecule has 3 heterocycles. The van der Waals surface area contributed by atoms with Crippen molar-refractivity contribution in [3.05, 3.63) is 41.6 Å². The quantitative estimate of drug-likeness (QED) is 0.795. The number of aromatic nitrogens is 2. The van der Waals surface area contributed by atoms with Gasteiger partial charge in [-0.15, -0.1) is 0 Å². The molecule has 0 aliphatic carbocycles. The molecule has 4 rings (SSSR count). The van der Waals surface area contributed by atoms with Gasteiger partial charge in [0.25, 0.3) is 0 Å². The molecule has 1 amide bonds. The van der Waals surface area contributed by atoms with Gasteiger partial charge in [0.1, 0.15) is 5.82 Å². The minimum Gasteiger partial charge on any atom is -0.368 e. The number of hydrogen-bond donors (Lipinski definition) is 0. The molecule has 2 fully saturated rings. The topological polar surface area (TPSA) is 55.8 Å². The lowest BCUT2D eigenvalue weighted by Crippen LogP contribution is -2.49. The Hall–Kier alpha value is -2.83. The van der Waals surface area contributed by atoms with Crippen LogP contribution in [0.5, 0.6) is 0 Å². The van der Waals surface area contributed by atoms with Gasteiger partial charge >= 0.3 is 0 Å². The van der Waals surface area contributed by atoms with Gasteiger partial charge in [-0.25, -0.2) is 4.98 Å². The van der Waals surface area contributed by atoms with Crippen molar-refractivity contribution in [3.63, 3.8) is 0 Å². The highest BCUT2D eigenvalue weighted by Gasteiger charge is 2.23. The van der Waals surface area contributed by atoms with Gasteiger partial charge < -0.3 is 19.6 Å². The largest absolute Gasteiger partial charge is 0.368 e. The fraction of sp³-hybridized carbons (Fsp3) is 0.500. The van der Waals surface area contributed by atoms with E-state index >= 15 is 0 Å². The molecular weight excluding hydrogens is 364 g/mol. The van der Waals surface area contributed by atoms with Crippen molar-refractivity contribution in [3.8, 4) is 0 Å². The molecule has 1 aromatic heterocycles. The van der Waals surface area contributed by atoms with Crippen LogP contribution in [0.25, 0.3) is 0 Å². The highest BCUT2D eigenvalue weighted by Crippen LogP contribution is 2.25. The van der Waals surface area contributed by atoms with Crippen LogP contribution in [-0.2, 0) is 4.79 Å². The molecule has 0 atom stereocenters. The van der Waals surface area contributed by atoms with Crippen molar-refractivity contribution in [1.29, 1.82) is 0 Å². The van der Waals surface area contributed by atoms with E-state index in [1.807, 2.05) is 17.2 Å². The molecule has 2 aromatic rings. The summed E-state index contributed by atoms with van der Waals surface area (Å²) in [7, 11) is 0. The summed E-state index contributed by atoms with van der Waals surface area (Å²) in [6.45, 7) is 12.9. The van der Waals surface area contributed by atoms with Crippen molar-refractivity contribution >= 4 is 23.4 Å². The van der Waals surface area contributed by atoms with E-state index < -0.39 is 0 Å². The van der Waals surface area contributed by atoms with Crippen molar-refractivity contribution < 1.29 is 4.79 Å². The van der Waals surface area contributed by atoms with Gasteiger partial charge in [-0.3, -0.25) is 4.79 Å². The number of rotatable bonds is 3. The Labute approximate surface area is 172 Å². The van der Waals surface area contributed by atoms with Crippen molar-refractivity contribution in [2.75, 3.05) is 67.1 Å². The smallest absolute Gasteiger partial charge is 0.227 e. The standard InChI is InChI=1S/C22H30N6O/c1-17-5-4-6-20(18(17)2)26-11-13-27(14-12-26)21-7-8-23-22(24-21)28-15-9-25(10-16-28)19(3)29/h4-8H,9-16H2,1-3H3. The zero-order valence-corrected chi connectivity index (χ0v) is 17.6. The van der Waals surface area contributed by atoms with E-state index in [9.17, 15) is 4.79 Å². The number of carbonyl (C=O) groups is 1. The molecular formula is C22H30N6O. The van der Waals surface area contributed by atoms with Gasteiger partial charge in [0, 0.05) is 71.2 Å². The van der Waals surface area contributed by atoms with E-state index in [0.717, 1.165) is 64.1 Å². The van der Waals surface area contributed by atoms with Crippen LogP contribution in [0.1, 0.15) is 18.1 Å². The van der Waals surface area contributed by atoms with E-state index in [1.165, 1.54) is 16.8 Å². The SMILES string of the molecule is CC(=O)N1CCN(c2nccc(N3CCN(c4cccc(C)c4C)CC3)n2)CC1. The van der Waals surface area contributed by atoms with E-state index in [1.54, 1.807) is 6.92 Å². The lowest BCUT2D eigenvalue weighted by Gasteiger charge is -2.38. The predicted molar refractivity (Wildman–Crippen MR) is 117 cm³/mol. The van der Waals surface area contributed by atoms with Gasteiger partial charge in [-0.1, -0.05) is 12.1 Å². The summed E-state index contributed by atoms with van der Waals surface area (Å²) in [5.41, 5.74) is 4.06. The minimum atomic E-state index is 0.140. The second-order valence-corrected chi connectivity index (χ2v) is 7.90. The van der Waals surface area contributed by atoms with Gasteiger partial charge in [0.05, 0.1) is 0 Å². The number of amides is 1. The van der Waals surface area contributed by atoms with E-state index in [-0.39, 0.29) is 5.91 Å². The van der Waals surface area contributed by atoms with Crippen molar-refractivity contribution in [2.45, 2.75) is 20.8 Å². The number of carbonyl (C=O) groups excluding carboxylic acids is 1. The Kier molecular flexibility index (Phi) is 5.56. The summed E-state index contributed by atoms with van der Waals surface area (Å²) >= 11 is 0. The van der Waals surface area contributed by atoms with E-state index in [0.29, 0.717) is 0 Å². The van der Waals surface area contributed by atoms with E-state index in [2.05, 4.69) is 51.7 Å².